The fourth-order valence-electron chi connectivity index (χ4n) is 11.8. The fourth-order valence-corrected chi connectivity index (χ4v) is 12.6. The number of phosphoric acid groups is 1. The number of likely N-dealkylation sites (N-methyl/N-ethyl adjacent to an activating group) is 1. The van der Waals surface area contributed by atoms with Crippen molar-refractivity contribution in [2.75, 3.05) is 47.5 Å². The van der Waals surface area contributed by atoms with E-state index in [0.29, 0.717) is 17.4 Å². The van der Waals surface area contributed by atoms with Crippen LogP contribution in [0.3, 0.4) is 0 Å². The predicted molar refractivity (Wildman–Crippen MR) is 461 cm³/mol. The van der Waals surface area contributed by atoms with Crippen molar-refractivity contribution in [2.45, 2.75) is 367 Å². The van der Waals surface area contributed by atoms with Gasteiger partial charge in [0.15, 0.2) is 6.10 Å². The van der Waals surface area contributed by atoms with Crippen molar-refractivity contribution in [3.05, 3.63) is 182 Å². The summed E-state index contributed by atoms with van der Waals surface area (Å²) >= 11 is 0. The molecule has 0 aliphatic carbocycles. The molecule has 0 saturated carbocycles. The van der Waals surface area contributed by atoms with Crippen LogP contribution in [-0.2, 0) is 32.7 Å². The second-order valence-corrected chi connectivity index (χ2v) is 31.2. The van der Waals surface area contributed by atoms with Gasteiger partial charge in [-0.15, -0.1) is 0 Å². The molecular formula is C96H162NO8P. The summed E-state index contributed by atoms with van der Waals surface area (Å²) in [6, 6.07) is 0. The number of rotatable bonds is 79. The molecule has 0 aliphatic rings. The van der Waals surface area contributed by atoms with Crippen molar-refractivity contribution in [3.63, 3.8) is 0 Å². The van der Waals surface area contributed by atoms with E-state index >= 15 is 0 Å². The van der Waals surface area contributed by atoms with E-state index in [2.05, 4.69) is 196 Å². The Labute approximate surface area is 654 Å². The quantitative estimate of drug-likeness (QED) is 0.0195. The number of ether oxygens (including phenoxy) is 2. The van der Waals surface area contributed by atoms with Gasteiger partial charge < -0.3 is 27.9 Å². The minimum atomic E-state index is -4.67. The molecule has 0 amide bonds. The highest BCUT2D eigenvalue weighted by Crippen LogP contribution is 2.38. The van der Waals surface area contributed by atoms with Crippen LogP contribution in [0.1, 0.15) is 361 Å². The summed E-state index contributed by atoms with van der Waals surface area (Å²) in [4.78, 5) is 38.2. The van der Waals surface area contributed by atoms with Gasteiger partial charge in [0, 0.05) is 12.8 Å². The number of carbonyl (C=O) groups excluding carboxylic acids is 2. The Hall–Kier alpha value is -4.89. The molecule has 2 unspecified atom stereocenters. The maximum Gasteiger partial charge on any atom is 0.306 e. The number of phosphoric ester groups is 1. The molecule has 0 bridgehead atoms. The van der Waals surface area contributed by atoms with E-state index in [4.69, 9.17) is 18.5 Å². The second kappa shape index (κ2) is 84.1. The summed E-state index contributed by atoms with van der Waals surface area (Å²) in [6.45, 7) is 4.10. The molecule has 0 aromatic rings. The van der Waals surface area contributed by atoms with Gasteiger partial charge in [0.25, 0.3) is 7.82 Å². The molecule has 0 aliphatic heterocycles. The highest BCUT2D eigenvalue weighted by molar-refractivity contribution is 7.45. The SMILES string of the molecule is CC/C=C\C/C=C\C/C=C\C/C=C\C/C=C\C/C=C\C/C=C\C/C=C\C/C=C\C/C=C\C/C=C\C/C=C\CCCCCCC(=O)OC(COC(=O)CCCCCCCCCCCCCCCCCCCCCCCCCCCC/C=C\C/C=C\C/C=C\CCCCCCC)COP(=O)([O-])OCC[N+](C)(C)C. The van der Waals surface area contributed by atoms with Crippen LogP contribution >= 0.6 is 7.82 Å². The van der Waals surface area contributed by atoms with E-state index in [1.807, 2.05) is 21.1 Å². The average molecular weight is 1490 g/mol. The zero-order valence-corrected chi connectivity index (χ0v) is 70.0. The molecule has 0 spiro atoms. The van der Waals surface area contributed by atoms with Crippen LogP contribution in [0.5, 0.6) is 0 Å². The highest BCUT2D eigenvalue weighted by atomic mass is 31.2. The van der Waals surface area contributed by atoms with Gasteiger partial charge in [0.2, 0.25) is 0 Å². The molecule has 2 atom stereocenters. The molecule has 0 saturated heterocycles. The molecule has 0 fully saturated rings. The minimum absolute atomic E-state index is 0.0433. The van der Waals surface area contributed by atoms with Crippen molar-refractivity contribution in [2.24, 2.45) is 0 Å². The van der Waals surface area contributed by atoms with Crippen molar-refractivity contribution in [3.8, 4) is 0 Å². The number of quaternary nitrogens is 1. The first-order chi connectivity index (χ1) is 52.0. The van der Waals surface area contributed by atoms with E-state index in [-0.39, 0.29) is 32.0 Å². The molecule has 0 rings (SSSR count). The summed E-state index contributed by atoms with van der Waals surface area (Å²) in [5, 5.41) is 0. The van der Waals surface area contributed by atoms with Crippen LogP contribution in [0.25, 0.3) is 0 Å². The maximum absolute atomic E-state index is 12.9. The van der Waals surface area contributed by atoms with E-state index in [0.717, 1.165) is 135 Å². The predicted octanol–water partition coefficient (Wildman–Crippen LogP) is 29.1. The van der Waals surface area contributed by atoms with Crippen LogP contribution in [-0.4, -0.2) is 70.0 Å². The van der Waals surface area contributed by atoms with Crippen molar-refractivity contribution in [1.82, 2.24) is 0 Å². The maximum atomic E-state index is 12.9. The van der Waals surface area contributed by atoms with Crippen molar-refractivity contribution < 1.29 is 42.1 Å². The van der Waals surface area contributed by atoms with E-state index in [1.165, 1.54) is 193 Å². The lowest BCUT2D eigenvalue weighted by Crippen LogP contribution is -2.37. The normalized spacial score (nSPS) is 13.9. The summed E-state index contributed by atoms with van der Waals surface area (Å²) < 4.78 is 34.4. The third kappa shape index (κ3) is 88.0. The van der Waals surface area contributed by atoms with Gasteiger partial charge >= 0.3 is 11.9 Å². The average Bonchev–Trinajstić information content (AvgIpc) is 0.908. The van der Waals surface area contributed by atoms with Crippen LogP contribution in [0.15, 0.2) is 182 Å². The summed E-state index contributed by atoms with van der Waals surface area (Å²) in [5.74, 6) is -0.861. The minimum Gasteiger partial charge on any atom is -0.756 e. The van der Waals surface area contributed by atoms with Crippen LogP contribution < -0.4 is 4.89 Å². The smallest absolute Gasteiger partial charge is 0.306 e. The van der Waals surface area contributed by atoms with Gasteiger partial charge in [-0.2, -0.15) is 0 Å². The lowest BCUT2D eigenvalue weighted by molar-refractivity contribution is -0.870. The number of carbonyl (C=O) groups is 2. The third-order valence-electron chi connectivity index (χ3n) is 18.4. The van der Waals surface area contributed by atoms with Gasteiger partial charge in [0.05, 0.1) is 27.7 Å². The van der Waals surface area contributed by atoms with Gasteiger partial charge in [-0.25, -0.2) is 0 Å². The molecule has 0 aromatic heterocycles. The summed E-state index contributed by atoms with van der Waals surface area (Å²) in [7, 11) is 1.14. The largest absolute Gasteiger partial charge is 0.756 e. The Morgan fingerprint density at radius 3 is 0.802 bits per heavy atom. The van der Waals surface area contributed by atoms with Crippen LogP contribution in [0.4, 0.5) is 0 Å². The van der Waals surface area contributed by atoms with Crippen LogP contribution in [0, 0.1) is 0 Å². The Morgan fingerprint density at radius 1 is 0.302 bits per heavy atom. The van der Waals surface area contributed by atoms with Gasteiger partial charge in [-0.3, -0.25) is 14.2 Å². The molecule has 0 aromatic carbocycles. The monoisotopic (exact) mass is 1490 g/mol. The van der Waals surface area contributed by atoms with E-state index < -0.39 is 26.5 Å². The number of hydrogen-bond acceptors (Lipinski definition) is 8. The Balaban J connectivity index is 4.02. The Bertz CT molecular complexity index is 2460. The van der Waals surface area contributed by atoms with Gasteiger partial charge in [-0.05, 0) is 141 Å². The number of allylic oxidation sites excluding steroid dienone is 30. The van der Waals surface area contributed by atoms with Gasteiger partial charge in [0.1, 0.15) is 19.8 Å². The van der Waals surface area contributed by atoms with Crippen molar-refractivity contribution >= 4 is 19.8 Å². The zero-order valence-electron chi connectivity index (χ0n) is 69.1. The number of nitrogens with zero attached hydrogens (tertiary/aromatic N) is 1. The lowest BCUT2D eigenvalue weighted by Gasteiger charge is -2.28. The molecule has 0 heterocycles. The first-order valence-corrected chi connectivity index (χ1v) is 45.0. The topological polar surface area (TPSA) is 111 Å². The summed E-state index contributed by atoms with van der Waals surface area (Å²) in [5.41, 5.74) is 0. The molecular weight excluding hydrogens is 1330 g/mol. The van der Waals surface area contributed by atoms with Crippen LogP contribution in [0.2, 0.25) is 0 Å². The number of esters is 2. The highest BCUT2D eigenvalue weighted by Gasteiger charge is 2.22. The van der Waals surface area contributed by atoms with Crippen molar-refractivity contribution in [1.29, 1.82) is 0 Å². The lowest BCUT2D eigenvalue weighted by atomic mass is 10.0. The Kier molecular flexibility index (Phi) is 80.3. The molecule has 10 heteroatoms. The first-order valence-electron chi connectivity index (χ1n) is 43.5. The molecule has 0 radical (unpaired) electrons. The molecule has 9 nitrogen and oxygen atoms in total. The standard InChI is InChI=1S/C96H162NO8P/c1-6-8-10-12-14-16-18-20-22-24-26-28-30-32-34-36-38-40-42-44-46-48-50-52-54-56-58-60-62-64-66-68-70-72-74-76-78-80-82-84-86-88-95(98)102-92-94(93-104-106(100,101)103-91-90-97(3,4)5)105-96(99)89-87-85-83-81-79-77-75-73-71-69-67-65-63-61-59-57-55-53-51-49-47-45-43-41-39-37-35-33-31-29-27-25-23-21-19-17-15-13-11-9-7-2/h9,11,15,17-18,20-21,23-24,26-27,29-30,32-33,35,39,41,45,47,51,53,57,59,63,65,69,71,75,77,94H,6-8,10,12-14,16,19,22,25,28,31,34,36-38,40,42-44,46,48-50,52,54-56,58,60-62,64,66-68,70,72-74,76,78-93H2,1-5H3/b11-9-,17-15-,20-18-,23-21-,26-24-,29-27-,32-30-,35-33-,41-39-,47-45-,53-51-,59-57-,65-63-,71-69-,77-75-. The number of hydrogen-bond donors (Lipinski definition) is 0. The van der Waals surface area contributed by atoms with E-state index in [9.17, 15) is 19.0 Å². The third-order valence-corrected chi connectivity index (χ3v) is 19.4. The molecule has 0 N–H and O–H groups in total. The van der Waals surface area contributed by atoms with E-state index in [1.54, 1.807) is 0 Å². The first kappa shape index (κ1) is 101. The Morgan fingerprint density at radius 2 is 0.538 bits per heavy atom. The molecule has 106 heavy (non-hydrogen) atoms. The van der Waals surface area contributed by atoms with Gasteiger partial charge in [-0.1, -0.05) is 389 Å². The zero-order chi connectivity index (χ0) is 76.8. The summed E-state index contributed by atoms with van der Waals surface area (Å²) in [6.07, 6.45) is 129. The second-order valence-electron chi connectivity index (χ2n) is 29.8. The number of unbranched alkanes of at least 4 members (excludes halogenated alkanes) is 35. The molecule has 604 valence electrons. The fraction of sp³-hybridized carbons (Fsp3) is 0.667.